The normalized spacial score (nSPS) is 25.3. The summed E-state index contributed by atoms with van der Waals surface area (Å²) in [5.74, 6) is -0.579. The zero-order valence-electron chi connectivity index (χ0n) is 11.9. The van der Waals surface area contributed by atoms with Crippen LogP contribution in [0.5, 0.6) is 0 Å². The van der Waals surface area contributed by atoms with Gasteiger partial charge in [-0.1, -0.05) is 0 Å². The Morgan fingerprint density at radius 1 is 1.38 bits per heavy atom. The van der Waals surface area contributed by atoms with Gasteiger partial charge in [0.1, 0.15) is 11.8 Å². The number of nitro benzene ring substituents is 1. The largest absolute Gasteiger partial charge is 0.459 e. The highest BCUT2D eigenvalue weighted by Gasteiger charge is 2.28. The van der Waals surface area contributed by atoms with Crippen LogP contribution in [0, 0.1) is 10.1 Å². The molecule has 2 atom stereocenters. The second-order valence-corrected chi connectivity index (χ2v) is 5.29. The molecular formula is C14H18N2O5. The lowest BCUT2D eigenvalue weighted by molar-refractivity contribution is -0.383. The van der Waals surface area contributed by atoms with Crippen LogP contribution in [-0.2, 0) is 9.47 Å². The van der Waals surface area contributed by atoms with Gasteiger partial charge < -0.3 is 15.2 Å². The molecule has 2 unspecified atom stereocenters. The van der Waals surface area contributed by atoms with Gasteiger partial charge in [0.05, 0.1) is 22.7 Å². The summed E-state index contributed by atoms with van der Waals surface area (Å²) < 4.78 is 11.0. The van der Waals surface area contributed by atoms with Crippen LogP contribution in [-0.4, -0.2) is 29.2 Å². The van der Waals surface area contributed by atoms with Gasteiger partial charge in [-0.15, -0.1) is 0 Å². The van der Waals surface area contributed by atoms with Crippen molar-refractivity contribution >= 4 is 17.3 Å². The molecule has 0 amide bonds. The van der Waals surface area contributed by atoms with Crippen molar-refractivity contribution in [3.05, 3.63) is 33.9 Å². The molecule has 1 aromatic rings. The van der Waals surface area contributed by atoms with Gasteiger partial charge in [-0.2, -0.15) is 0 Å². The highest BCUT2D eigenvalue weighted by atomic mass is 16.6. The fourth-order valence-corrected chi connectivity index (χ4v) is 2.49. The van der Waals surface area contributed by atoms with Crippen molar-refractivity contribution in [1.29, 1.82) is 0 Å². The van der Waals surface area contributed by atoms with Gasteiger partial charge in [0.2, 0.25) is 0 Å². The van der Waals surface area contributed by atoms with Gasteiger partial charge in [-0.3, -0.25) is 10.1 Å². The van der Waals surface area contributed by atoms with Crippen LogP contribution in [0.3, 0.4) is 0 Å². The Kier molecular flexibility index (Phi) is 4.42. The third-order valence-corrected chi connectivity index (χ3v) is 3.39. The van der Waals surface area contributed by atoms with E-state index in [0.29, 0.717) is 12.8 Å². The van der Waals surface area contributed by atoms with Gasteiger partial charge in [0.15, 0.2) is 0 Å². The van der Waals surface area contributed by atoms with Crippen LogP contribution in [0.15, 0.2) is 18.2 Å². The molecule has 0 aliphatic carbocycles. The maximum atomic E-state index is 12.1. The summed E-state index contributed by atoms with van der Waals surface area (Å²) in [6.45, 7) is 3.84. The molecule has 1 fully saturated rings. The molecule has 0 bridgehead atoms. The van der Waals surface area contributed by atoms with Crippen molar-refractivity contribution in [1.82, 2.24) is 0 Å². The number of anilines is 1. The number of carbonyl (C=O) groups excluding carboxylic acids is 1. The van der Waals surface area contributed by atoms with Gasteiger partial charge >= 0.3 is 5.97 Å². The number of rotatable bonds is 3. The number of nitrogens with two attached hydrogens (primary N) is 1. The Morgan fingerprint density at radius 3 is 2.57 bits per heavy atom. The second-order valence-electron chi connectivity index (χ2n) is 5.29. The molecule has 2 N–H and O–H groups in total. The van der Waals surface area contributed by atoms with E-state index in [9.17, 15) is 14.9 Å². The first-order valence-corrected chi connectivity index (χ1v) is 6.77. The molecule has 1 saturated heterocycles. The number of benzene rings is 1. The molecule has 7 heteroatoms. The van der Waals surface area contributed by atoms with E-state index in [0.717, 1.165) is 6.07 Å². The van der Waals surface area contributed by atoms with E-state index in [2.05, 4.69) is 0 Å². The SMILES string of the molecule is CC1CC(OC(=O)c2ccc(N)c([N+](=O)[O-])c2)CC(C)O1. The fraction of sp³-hybridized carbons (Fsp3) is 0.500. The number of nitrogen functional groups attached to an aromatic ring is 1. The minimum atomic E-state index is -0.620. The summed E-state index contributed by atoms with van der Waals surface area (Å²) in [5.41, 5.74) is 5.35. The summed E-state index contributed by atoms with van der Waals surface area (Å²) in [6.07, 6.45) is 1.03. The maximum absolute atomic E-state index is 12.1. The summed E-state index contributed by atoms with van der Waals surface area (Å²) in [5, 5.41) is 10.8. The van der Waals surface area contributed by atoms with Crippen LogP contribution >= 0.6 is 0 Å². The summed E-state index contributed by atoms with van der Waals surface area (Å²) in [7, 11) is 0. The first kappa shape index (κ1) is 15.2. The van der Waals surface area contributed by atoms with E-state index in [1.165, 1.54) is 12.1 Å². The van der Waals surface area contributed by atoms with E-state index in [1.807, 2.05) is 13.8 Å². The van der Waals surface area contributed by atoms with E-state index in [4.69, 9.17) is 15.2 Å². The fourth-order valence-electron chi connectivity index (χ4n) is 2.49. The standard InChI is InChI=1S/C14H18N2O5/c1-8-5-11(6-9(2)20-8)21-14(17)10-3-4-12(15)13(7-10)16(18)19/h3-4,7-9,11H,5-6,15H2,1-2H3. The monoisotopic (exact) mass is 294 g/mol. The molecule has 1 aromatic carbocycles. The van der Waals surface area contributed by atoms with Crippen molar-refractivity contribution < 1.29 is 19.2 Å². The zero-order valence-corrected chi connectivity index (χ0v) is 11.9. The van der Waals surface area contributed by atoms with Crippen molar-refractivity contribution in [2.24, 2.45) is 0 Å². The van der Waals surface area contributed by atoms with Crippen LogP contribution < -0.4 is 5.73 Å². The number of nitro groups is 1. The highest BCUT2D eigenvalue weighted by molar-refractivity contribution is 5.91. The molecule has 0 saturated carbocycles. The minimum Gasteiger partial charge on any atom is -0.459 e. The quantitative estimate of drug-likeness (QED) is 0.397. The number of ether oxygens (including phenoxy) is 2. The van der Waals surface area contributed by atoms with Crippen LogP contribution in [0.25, 0.3) is 0 Å². The Hall–Kier alpha value is -2.15. The maximum Gasteiger partial charge on any atom is 0.338 e. The van der Waals surface area contributed by atoms with Crippen LogP contribution in [0.1, 0.15) is 37.0 Å². The topological polar surface area (TPSA) is 105 Å². The van der Waals surface area contributed by atoms with Gasteiger partial charge in [-0.25, -0.2) is 4.79 Å². The third kappa shape index (κ3) is 3.69. The number of esters is 1. The second kappa shape index (κ2) is 6.09. The smallest absolute Gasteiger partial charge is 0.338 e. The zero-order chi connectivity index (χ0) is 15.6. The lowest BCUT2D eigenvalue weighted by Gasteiger charge is -2.31. The van der Waals surface area contributed by atoms with Crippen LogP contribution in [0.2, 0.25) is 0 Å². The lowest BCUT2D eigenvalue weighted by atomic mass is 10.0. The first-order chi connectivity index (χ1) is 9.86. The number of carbonyl (C=O) groups is 1. The van der Waals surface area contributed by atoms with E-state index < -0.39 is 10.9 Å². The summed E-state index contributed by atoms with van der Waals surface area (Å²) in [4.78, 5) is 22.3. The van der Waals surface area contributed by atoms with Crippen molar-refractivity contribution in [3.63, 3.8) is 0 Å². The summed E-state index contributed by atoms with van der Waals surface area (Å²) >= 11 is 0. The van der Waals surface area contributed by atoms with E-state index >= 15 is 0 Å². The lowest BCUT2D eigenvalue weighted by Crippen LogP contribution is -2.35. The van der Waals surface area contributed by atoms with Crippen molar-refractivity contribution in [2.45, 2.75) is 45.0 Å². The molecule has 1 heterocycles. The molecule has 0 aromatic heterocycles. The Morgan fingerprint density at radius 2 is 2.00 bits per heavy atom. The molecule has 2 rings (SSSR count). The Bertz CT molecular complexity index is 550. The molecule has 114 valence electrons. The number of hydrogen-bond acceptors (Lipinski definition) is 6. The van der Waals surface area contributed by atoms with Gasteiger partial charge in [0, 0.05) is 18.9 Å². The molecule has 7 nitrogen and oxygen atoms in total. The van der Waals surface area contributed by atoms with E-state index in [1.54, 1.807) is 0 Å². The molecule has 0 spiro atoms. The van der Waals surface area contributed by atoms with Crippen molar-refractivity contribution in [3.8, 4) is 0 Å². The predicted octanol–water partition coefficient (Wildman–Crippen LogP) is 2.29. The molecule has 21 heavy (non-hydrogen) atoms. The van der Waals surface area contributed by atoms with Gasteiger partial charge in [-0.05, 0) is 26.0 Å². The minimum absolute atomic E-state index is 0.0184. The third-order valence-electron chi connectivity index (χ3n) is 3.39. The molecule has 1 aliphatic rings. The van der Waals surface area contributed by atoms with E-state index in [-0.39, 0.29) is 35.3 Å². The van der Waals surface area contributed by atoms with Crippen LogP contribution in [0.4, 0.5) is 11.4 Å². The number of hydrogen-bond donors (Lipinski definition) is 1. The van der Waals surface area contributed by atoms with Gasteiger partial charge in [0.25, 0.3) is 5.69 Å². The average Bonchev–Trinajstić information content (AvgIpc) is 2.37. The highest BCUT2D eigenvalue weighted by Crippen LogP contribution is 2.25. The Labute approximate surface area is 122 Å². The van der Waals surface area contributed by atoms with Crippen molar-refractivity contribution in [2.75, 3.05) is 5.73 Å². The predicted molar refractivity (Wildman–Crippen MR) is 76.0 cm³/mol. The molecule has 1 aliphatic heterocycles. The molecular weight excluding hydrogens is 276 g/mol. The average molecular weight is 294 g/mol. The number of nitrogens with zero attached hydrogens (tertiary/aromatic N) is 1. The first-order valence-electron chi connectivity index (χ1n) is 6.77. The summed E-state index contributed by atoms with van der Waals surface area (Å²) in [6, 6.07) is 3.91. The Balaban J connectivity index is 2.10. The molecule has 0 radical (unpaired) electrons.